The highest BCUT2D eigenvalue weighted by Gasteiger charge is 2.05. The molecule has 0 radical (unpaired) electrons. The van der Waals surface area contributed by atoms with Crippen LogP contribution in [0.1, 0.15) is 24.2 Å². The van der Waals surface area contributed by atoms with Crippen molar-refractivity contribution in [2.75, 3.05) is 6.54 Å². The molecule has 1 N–H and O–H groups in total. The molecule has 0 unspecified atom stereocenters. The number of hydrogen-bond donors (Lipinski definition) is 1. The molecule has 0 spiro atoms. The van der Waals surface area contributed by atoms with Gasteiger partial charge < -0.3 is 5.32 Å². The number of carbonyl (C=O) groups is 1. The molecule has 76 valence electrons. The number of aromatic nitrogens is 1. The molecule has 0 aromatic carbocycles. The minimum atomic E-state index is -0.0706. The van der Waals surface area contributed by atoms with Crippen LogP contribution in [0.25, 0.3) is 0 Å². The number of carbonyl (C=O) groups excluding carboxylic acids is 1. The first-order chi connectivity index (χ1) is 6.59. The molecular weight excluding hydrogens is 244 g/mol. The number of rotatable bonds is 3. The van der Waals surface area contributed by atoms with Crippen LogP contribution in [-0.2, 0) is 0 Å². The number of nitrogens with zero attached hydrogens (tertiary/aromatic N) is 1. The molecule has 4 heteroatoms. The zero-order valence-electron chi connectivity index (χ0n) is 8.25. The second kappa shape index (κ2) is 5.10. The topological polar surface area (TPSA) is 42.0 Å². The molecule has 1 heterocycles. The third-order valence-electron chi connectivity index (χ3n) is 1.66. The Kier molecular flexibility index (Phi) is 4.07. The lowest BCUT2D eigenvalue weighted by atomic mass is 10.2. The number of hydrogen-bond acceptors (Lipinski definition) is 2. The summed E-state index contributed by atoms with van der Waals surface area (Å²) in [6, 6.07) is 3.50. The van der Waals surface area contributed by atoms with E-state index < -0.39 is 0 Å². The molecule has 3 nitrogen and oxygen atoms in total. The Bertz CT molecular complexity index is 308. The van der Waals surface area contributed by atoms with Crippen LogP contribution >= 0.6 is 15.9 Å². The fourth-order valence-corrected chi connectivity index (χ4v) is 1.14. The molecule has 1 rings (SSSR count). The maximum absolute atomic E-state index is 11.5. The van der Waals surface area contributed by atoms with Crippen LogP contribution in [-0.4, -0.2) is 17.4 Å². The molecule has 0 saturated heterocycles. The van der Waals surface area contributed by atoms with Gasteiger partial charge in [-0.3, -0.25) is 4.79 Å². The third-order valence-corrected chi connectivity index (χ3v) is 2.13. The third kappa shape index (κ3) is 3.46. The molecule has 0 aliphatic heterocycles. The van der Waals surface area contributed by atoms with Gasteiger partial charge in [0.25, 0.3) is 5.91 Å². The van der Waals surface area contributed by atoms with Gasteiger partial charge in [-0.15, -0.1) is 0 Å². The predicted octanol–water partition coefficient (Wildman–Crippen LogP) is 2.23. The fraction of sp³-hybridized carbons (Fsp3) is 0.400. The van der Waals surface area contributed by atoms with Crippen LogP contribution in [0.2, 0.25) is 0 Å². The average molecular weight is 257 g/mol. The number of halogens is 1. The van der Waals surface area contributed by atoms with Crippen LogP contribution in [0.3, 0.4) is 0 Å². The highest BCUT2D eigenvalue weighted by atomic mass is 79.9. The average Bonchev–Trinajstić information content (AvgIpc) is 2.15. The minimum absolute atomic E-state index is 0.0706. The van der Waals surface area contributed by atoms with E-state index in [1.165, 1.54) is 0 Å². The summed E-state index contributed by atoms with van der Waals surface area (Å²) in [6.07, 6.45) is 1.56. The van der Waals surface area contributed by atoms with E-state index in [0.29, 0.717) is 18.0 Å². The second-order valence-corrected chi connectivity index (χ2v) is 4.29. The van der Waals surface area contributed by atoms with Crippen molar-refractivity contribution in [3.8, 4) is 0 Å². The van der Waals surface area contributed by atoms with Gasteiger partial charge >= 0.3 is 0 Å². The van der Waals surface area contributed by atoms with E-state index in [2.05, 4.69) is 40.1 Å². The number of pyridine rings is 1. The highest BCUT2D eigenvalue weighted by molar-refractivity contribution is 9.10. The zero-order valence-corrected chi connectivity index (χ0v) is 9.84. The van der Waals surface area contributed by atoms with E-state index in [-0.39, 0.29) is 5.91 Å². The van der Waals surface area contributed by atoms with Crippen molar-refractivity contribution in [2.24, 2.45) is 5.92 Å². The largest absolute Gasteiger partial charge is 0.352 e. The normalized spacial score (nSPS) is 10.3. The molecule has 0 aliphatic carbocycles. The van der Waals surface area contributed by atoms with Crippen molar-refractivity contribution in [3.05, 3.63) is 28.5 Å². The van der Waals surface area contributed by atoms with E-state index in [1.54, 1.807) is 18.3 Å². The van der Waals surface area contributed by atoms with Gasteiger partial charge in [-0.25, -0.2) is 4.98 Å². The Balaban J connectivity index is 2.57. The molecule has 0 saturated carbocycles. The summed E-state index contributed by atoms with van der Waals surface area (Å²) < 4.78 is 0.734. The molecule has 1 aromatic heterocycles. The van der Waals surface area contributed by atoms with Crippen molar-refractivity contribution in [2.45, 2.75) is 13.8 Å². The summed E-state index contributed by atoms with van der Waals surface area (Å²) in [5, 5.41) is 2.82. The van der Waals surface area contributed by atoms with Gasteiger partial charge in [0.2, 0.25) is 0 Å². The lowest BCUT2D eigenvalue weighted by molar-refractivity contribution is 0.0948. The predicted molar refractivity (Wildman–Crippen MR) is 59.1 cm³/mol. The van der Waals surface area contributed by atoms with Crippen LogP contribution in [0.15, 0.2) is 22.9 Å². The van der Waals surface area contributed by atoms with Crippen molar-refractivity contribution >= 4 is 21.8 Å². The Morgan fingerprint density at radius 1 is 1.57 bits per heavy atom. The van der Waals surface area contributed by atoms with Gasteiger partial charge in [-0.05, 0) is 34.0 Å². The summed E-state index contributed by atoms with van der Waals surface area (Å²) in [6.45, 7) is 4.80. The molecular formula is C10H13BrN2O. The Hall–Kier alpha value is -0.900. The molecule has 0 fully saturated rings. The summed E-state index contributed by atoms with van der Waals surface area (Å²) in [4.78, 5) is 15.5. The molecule has 0 bridgehead atoms. The van der Waals surface area contributed by atoms with Crippen LogP contribution in [0.4, 0.5) is 0 Å². The monoisotopic (exact) mass is 256 g/mol. The quantitative estimate of drug-likeness (QED) is 0.843. The Morgan fingerprint density at radius 3 is 2.79 bits per heavy atom. The van der Waals surface area contributed by atoms with Crippen molar-refractivity contribution in [3.63, 3.8) is 0 Å². The second-order valence-electron chi connectivity index (χ2n) is 3.47. The van der Waals surface area contributed by atoms with Crippen molar-refractivity contribution in [1.29, 1.82) is 0 Å². The number of amides is 1. The highest BCUT2D eigenvalue weighted by Crippen LogP contribution is 2.06. The first kappa shape index (κ1) is 11.2. The van der Waals surface area contributed by atoms with Gasteiger partial charge in [0.05, 0.1) is 5.56 Å². The maximum atomic E-state index is 11.5. The number of nitrogens with one attached hydrogen (secondary N) is 1. The molecule has 14 heavy (non-hydrogen) atoms. The smallest absolute Gasteiger partial charge is 0.252 e. The zero-order chi connectivity index (χ0) is 10.6. The summed E-state index contributed by atoms with van der Waals surface area (Å²) in [7, 11) is 0. The Labute approximate surface area is 92.1 Å². The Morgan fingerprint density at radius 2 is 2.29 bits per heavy atom. The van der Waals surface area contributed by atoms with Crippen LogP contribution < -0.4 is 5.32 Å². The van der Waals surface area contributed by atoms with E-state index in [9.17, 15) is 4.79 Å². The van der Waals surface area contributed by atoms with Gasteiger partial charge in [0, 0.05) is 12.7 Å². The molecule has 0 atom stereocenters. The van der Waals surface area contributed by atoms with Crippen LogP contribution in [0.5, 0.6) is 0 Å². The summed E-state index contributed by atoms with van der Waals surface area (Å²) >= 11 is 3.21. The van der Waals surface area contributed by atoms with Crippen LogP contribution in [0, 0.1) is 5.92 Å². The van der Waals surface area contributed by atoms with Gasteiger partial charge in [0.1, 0.15) is 4.60 Å². The molecule has 1 amide bonds. The molecule has 1 aromatic rings. The van der Waals surface area contributed by atoms with Gasteiger partial charge in [-0.1, -0.05) is 13.8 Å². The van der Waals surface area contributed by atoms with E-state index in [0.717, 1.165) is 4.60 Å². The van der Waals surface area contributed by atoms with Gasteiger partial charge in [-0.2, -0.15) is 0 Å². The summed E-state index contributed by atoms with van der Waals surface area (Å²) in [5.41, 5.74) is 0.592. The van der Waals surface area contributed by atoms with Crippen molar-refractivity contribution in [1.82, 2.24) is 10.3 Å². The SMILES string of the molecule is CC(C)CNC(=O)c1ccc(Br)nc1. The maximum Gasteiger partial charge on any atom is 0.252 e. The first-order valence-electron chi connectivity index (χ1n) is 4.49. The summed E-state index contributed by atoms with van der Waals surface area (Å²) in [5.74, 6) is 0.390. The lowest BCUT2D eigenvalue weighted by Gasteiger charge is -2.06. The lowest BCUT2D eigenvalue weighted by Crippen LogP contribution is -2.27. The van der Waals surface area contributed by atoms with E-state index in [1.807, 2.05) is 0 Å². The standard InChI is InChI=1S/C10H13BrN2O/c1-7(2)5-13-10(14)8-3-4-9(11)12-6-8/h3-4,6-7H,5H2,1-2H3,(H,13,14). The van der Waals surface area contributed by atoms with E-state index in [4.69, 9.17) is 0 Å². The molecule has 0 aliphatic rings. The van der Waals surface area contributed by atoms with Gasteiger partial charge in [0.15, 0.2) is 0 Å². The fourth-order valence-electron chi connectivity index (χ4n) is 0.909. The van der Waals surface area contributed by atoms with E-state index >= 15 is 0 Å². The minimum Gasteiger partial charge on any atom is -0.352 e. The van der Waals surface area contributed by atoms with Crippen molar-refractivity contribution < 1.29 is 4.79 Å². The first-order valence-corrected chi connectivity index (χ1v) is 5.28.